The summed E-state index contributed by atoms with van der Waals surface area (Å²) in [6.07, 6.45) is 6.43. The summed E-state index contributed by atoms with van der Waals surface area (Å²) in [7, 11) is 0. The molecule has 1 aromatic rings. The van der Waals surface area contributed by atoms with E-state index in [-0.39, 0.29) is 0 Å². The van der Waals surface area contributed by atoms with Crippen molar-refractivity contribution in [3.05, 3.63) is 42.0 Å². The van der Waals surface area contributed by atoms with E-state index in [2.05, 4.69) is 26.9 Å². The Kier molecular flexibility index (Phi) is 5.22. The van der Waals surface area contributed by atoms with Crippen molar-refractivity contribution in [3.8, 4) is 0 Å². The van der Waals surface area contributed by atoms with Gasteiger partial charge in [-0.2, -0.15) is 0 Å². The van der Waals surface area contributed by atoms with Crippen molar-refractivity contribution < 1.29 is 0 Å². The SMILES string of the molecule is C=CC=N/C=C(\C)CNc1cc(Cl)ncn1. The standard InChI is InChI=1S/C11H13ClN4/c1-3-4-13-6-9(2)7-14-11-5-10(12)15-8-16-11/h3-6,8H,1,7H2,2H3,(H,14,15,16)/b9-6+,13-4?. The molecule has 0 fully saturated rings. The van der Waals surface area contributed by atoms with Gasteiger partial charge in [0.05, 0.1) is 0 Å². The van der Waals surface area contributed by atoms with E-state index in [4.69, 9.17) is 11.6 Å². The lowest BCUT2D eigenvalue weighted by atomic mass is 10.3. The predicted octanol–water partition coefficient (Wildman–Crippen LogP) is 2.70. The summed E-state index contributed by atoms with van der Waals surface area (Å²) >= 11 is 5.72. The van der Waals surface area contributed by atoms with Crippen molar-refractivity contribution in [2.75, 3.05) is 11.9 Å². The normalized spacial score (nSPS) is 11.8. The van der Waals surface area contributed by atoms with Crippen LogP contribution in [-0.4, -0.2) is 22.7 Å². The fraction of sp³-hybridized carbons (Fsp3) is 0.182. The highest BCUT2D eigenvalue weighted by atomic mass is 35.5. The van der Waals surface area contributed by atoms with Crippen LogP contribution in [0, 0.1) is 0 Å². The maximum atomic E-state index is 5.72. The summed E-state index contributed by atoms with van der Waals surface area (Å²) < 4.78 is 0. The van der Waals surface area contributed by atoms with Crippen molar-refractivity contribution >= 4 is 23.6 Å². The Labute approximate surface area is 99.8 Å². The molecule has 1 N–H and O–H groups in total. The Hall–Kier alpha value is -1.68. The number of aliphatic imine (C=N–C) groups is 1. The summed E-state index contributed by atoms with van der Waals surface area (Å²) in [5, 5.41) is 3.53. The van der Waals surface area contributed by atoms with Gasteiger partial charge in [-0.05, 0) is 12.5 Å². The first-order valence-electron chi connectivity index (χ1n) is 4.73. The zero-order valence-corrected chi connectivity index (χ0v) is 9.78. The Morgan fingerprint density at radius 3 is 3.12 bits per heavy atom. The number of halogens is 1. The van der Waals surface area contributed by atoms with Gasteiger partial charge in [-0.25, -0.2) is 9.97 Å². The van der Waals surface area contributed by atoms with Gasteiger partial charge < -0.3 is 5.32 Å². The molecule has 0 amide bonds. The van der Waals surface area contributed by atoms with Crippen LogP contribution >= 0.6 is 11.6 Å². The average molecular weight is 237 g/mol. The number of allylic oxidation sites excluding steroid dienone is 1. The third-order valence-electron chi connectivity index (χ3n) is 1.67. The molecule has 0 aliphatic rings. The lowest BCUT2D eigenvalue weighted by Gasteiger charge is -2.04. The van der Waals surface area contributed by atoms with E-state index in [1.54, 1.807) is 24.6 Å². The van der Waals surface area contributed by atoms with Gasteiger partial charge in [0.2, 0.25) is 0 Å². The maximum Gasteiger partial charge on any atom is 0.134 e. The first kappa shape index (κ1) is 12.4. The van der Waals surface area contributed by atoms with Gasteiger partial charge in [0, 0.05) is 25.0 Å². The van der Waals surface area contributed by atoms with Crippen molar-refractivity contribution in [2.24, 2.45) is 4.99 Å². The van der Waals surface area contributed by atoms with Crippen molar-refractivity contribution in [1.82, 2.24) is 9.97 Å². The topological polar surface area (TPSA) is 50.2 Å². The van der Waals surface area contributed by atoms with Crippen LogP contribution in [0.3, 0.4) is 0 Å². The Morgan fingerprint density at radius 2 is 2.44 bits per heavy atom. The maximum absolute atomic E-state index is 5.72. The van der Waals surface area contributed by atoms with E-state index in [9.17, 15) is 0 Å². The van der Waals surface area contributed by atoms with E-state index in [1.807, 2.05) is 6.92 Å². The molecule has 1 heterocycles. The van der Waals surface area contributed by atoms with E-state index in [1.165, 1.54) is 6.33 Å². The highest BCUT2D eigenvalue weighted by Gasteiger charge is 1.95. The fourth-order valence-corrected chi connectivity index (χ4v) is 1.08. The highest BCUT2D eigenvalue weighted by molar-refractivity contribution is 6.29. The second-order valence-electron chi connectivity index (χ2n) is 3.09. The van der Waals surface area contributed by atoms with Gasteiger partial charge in [0.15, 0.2) is 0 Å². The van der Waals surface area contributed by atoms with Crippen LogP contribution in [0.4, 0.5) is 5.82 Å². The summed E-state index contributed by atoms with van der Waals surface area (Å²) in [4.78, 5) is 11.8. The van der Waals surface area contributed by atoms with Gasteiger partial charge in [-0.15, -0.1) is 0 Å². The van der Waals surface area contributed by atoms with Crippen LogP contribution in [0.25, 0.3) is 0 Å². The molecule has 1 rings (SSSR count). The summed E-state index contributed by atoms with van der Waals surface area (Å²) in [5.41, 5.74) is 1.08. The molecule has 0 bridgehead atoms. The molecule has 0 aliphatic carbocycles. The van der Waals surface area contributed by atoms with Crippen molar-refractivity contribution in [2.45, 2.75) is 6.92 Å². The minimum atomic E-state index is 0.420. The van der Waals surface area contributed by atoms with E-state index in [0.717, 1.165) is 5.57 Å². The average Bonchev–Trinajstić information content (AvgIpc) is 2.27. The molecule has 4 nitrogen and oxygen atoms in total. The molecule has 0 atom stereocenters. The number of aromatic nitrogens is 2. The molecule has 5 heteroatoms. The largest absolute Gasteiger partial charge is 0.366 e. The Balaban J connectivity index is 2.48. The van der Waals surface area contributed by atoms with Gasteiger partial charge in [-0.3, -0.25) is 4.99 Å². The molecule has 0 aromatic carbocycles. The molecule has 84 valence electrons. The number of nitrogens with zero attached hydrogens (tertiary/aromatic N) is 3. The van der Waals surface area contributed by atoms with Crippen LogP contribution in [0.5, 0.6) is 0 Å². The van der Waals surface area contributed by atoms with Crippen molar-refractivity contribution in [3.63, 3.8) is 0 Å². The summed E-state index contributed by atoms with van der Waals surface area (Å²) in [5.74, 6) is 0.695. The van der Waals surface area contributed by atoms with Gasteiger partial charge in [-0.1, -0.05) is 24.3 Å². The minimum absolute atomic E-state index is 0.420. The monoisotopic (exact) mass is 236 g/mol. The number of nitrogens with one attached hydrogen (secondary N) is 1. The molecule has 0 saturated heterocycles. The summed E-state index contributed by atoms with van der Waals surface area (Å²) in [6, 6.07) is 1.67. The van der Waals surface area contributed by atoms with Crippen LogP contribution in [0.1, 0.15) is 6.92 Å². The lowest BCUT2D eigenvalue weighted by molar-refractivity contribution is 1.11. The number of rotatable bonds is 5. The molecule has 16 heavy (non-hydrogen) atoms. The van der Waals surface area contributed by atoms with Gasteiger partial charge in [0.25, 0.3) is 0 Å². The second kappa shape index (κ2) is 6.74. The zero-order chi connectivity index (χ0) is 11.8. The number of anilines is 1. The molecule has 0 radical (unpaired) electrons. The van der Waals surface area contributed by atoms with E-state index >= 15 is 0 Å². The minimum Gasteiger partial charge on any atom is -0.366 e. The molecular weight excluding hydrogens is 224 g/mol. The third kappa shape index (κ3) is 4.70. The zero-order valence-electron chi connectivity index (χ0n) is 9.02. The van der Waals surface area contributed by atoms with Crippen LogP contribution in [-0.2, 0) is 0 Å². The highest BCUT2D eigenvalue weighted by Crippen LogP contribution is 2.08. The van der Waals surface area contributed by atoms with Crippen LogP contribution < -0.4 is 5.32 Å². The fourth-order valence-electron chi connectivity index (χ4n) is 0.937. The van der Waals surface area contributed by atoms with Crippen LogP contribution in [0.2, 0.25) is 5.15 Å². The van der Waals surface area contributed by atoms with Gasteiger partial charge >= 0.3 is 0 Å². The third-order valence-corrected chi connectivity index (χ3v) is 1.88. The Bertz CT molecular complexity index is 412. The van der Waals surface area contributed by atoms with Crippen LogP contribution in [0.15, 0.2) is 41.8 Å². The summed E-state index contributed by atoms with van der Waals surface area (Å²) in [6.45, 7) is 6.16. The van der Waals surface area contributed by atoms with Crippen molar-refractivity contribution in [1.29, 1.82) is 0 Å². The number of hydrogen-bond acceptors (Lipinski definition) is 4. The predicted molar refractivity (Wildman–Crippen MR) is 68.0 cm³/mol. The van der Waals surface area contributed by atoms with Gasteiger partial charge in [0.1, 0.15) is 17.3 Å². The Morgan fingerprint density at radius 1 is 1.62 bits per heavy atom. The first-order valence-corrected chi connectivity index (χ1v) is 5.11. The lowest BCUT2D eigenvalue weighted by Crippen LogP contribution is -2.04. The van der Waals surface area contributed by atoms with E-state index < -0.39 is 0 Å². The molecule has 0 saturated carbocycles. The molecule has 0 aliphatic heterocycles. The molecule has 0 spiro atoms. The number of hydrogen-bond donors (Lipinski definition) is 1. The van der Waals surface area contributed by atoms with E-state index in [0.29, 0.717) is 17.5 Å². The molecule has 0 unspecified atom stereocenters. The molecule has 1 aromatic heterocycles. The smallest absolute Gasteiger partial charge is 0.134 e. The quantitative estimate of drug-likeness (QED) is 0.632. The second-order valence-corrected chi connectivity index (χ2v) is 3.48. The first-order chi connectivity index (χ1) is 7.72. The molecular formula is C11H13ClN4.